The van der Waals surface area contributed by atoms with Gasteiger partial charge in [-0.2, -0.15) is 4.68 Å². The number of carbonyl (C=O) groups is 1. The third-order valence-corrected chi connectivity index (χ3v) is 3.89. The van der Waals surface area contributed by atoms with Gasteiger partial charge in [-0.3, -0.25) is 4.79 Å². The first kappa shape index (κ1) is 15.6. The van der Waals surface area contributed by atoms with Crippen LogP contribution in [-0.4, -0.2) is 46.3 Å². The Labute approximate surface area is 147 Å². The number of carbonyl (C=O) groups excluding carboxylic acids is 1. The van der Waals surface area contributed by atoms with E-state index in [1.165, 1.54) is 17.3 Å². The molecule has 2 aromatic carbocycles. The minimum absolute atomic E-state index is 0.270. The van der Waals surface area contributed by atoms with Crippen molar-refractivity contribution in [2.45, 2.75) is 6.92 Å². The third-order valence-electron chi connectivity index (χ3n) is 3.89. The van der Waals surface area contributed by atoms with E-state index in [1.54, 1.807) is 22.9 Å². The van der Waals surface area contributed by atoms with Crippen molar-refractivity contribution in [2.75, 3.05) is 5.32 Å². The number of hydrogen-bond acceptors (Lipinski definition) is 7. The number of hydrogen-bond donors (Lipinski definition) is 1. The van der Waals surface area contributed by atoms with Crippen molar-refractivity contribution in [3.63, 3.8) is 0 Å². The highest BCUT2D eigenvalue weighted by molar-refractivity contribution is 6.07. The van der Waals surface area contributed by atoms with Crippen molar-refractivity contribution >= 4 is 11.6 Å². The van der Waals surface area contributed by atoms with Crippen LogP contribution in [0.15, 0.2) is 55.1 Å². The van der Waals surface area contributed by atoms with E-state index in [2.05, 4.69) is 36.4 Å². The SMILES string of the molecule is Cc1c(NC(=O)c2ccccc2-n2cnnn2)cccc1-n1cnnn1. The Morgan fingerprint density at radius 3 is 2.23 bits per heavy atom. The predicted octanol–water partition coefficient (Wildman–Crippen LogP) is 1.20. The number of tetrazole rings is 2. The van der Waals surface area contributed by atoms with Gasteiger partial charge in [0.25, 0.3) is 5.91 Å². The van der Waals surface area contributed by atoms with Gasteiger partial charge in [-0.05, 0) is 57.6 Å². The molecule has 0 aliphatic carbocycles. The number of nitrogens with zero attached hydrogens (tertiary/aromatic N) is 8. The first-order valence-electron chi connectivity index (χ1n) is 7.71. The zero-order valence-electron chi connectivity index (χ0n) is 13.7. The summed E-state index contributed by atoms with van der Waals surface area (Å²) in [5.74, 6) is -0.270. The van der Waals surface area contributed by atoms with E-state index >= 15 is 0 Å². The molecule has 26 heavy (non-hydrogen) atoms. The molecule has 0 atom stereocenters. The third kappa shape index (κ3) is 2.79. The van der Waals surface area contributed by atoms with Gasteiger partial charge in [0.05, 0.1) is 16.9 Å². The van der Waals surface area contributed by atoms with Gasteiger partial charge in [-0.15, -0.1) is 10.2 Å². The number of anilines is 1. The van der Waals surface area contributed by atoms with E-state index in [-0.39, 0.29) is 5.91 Å². The summed E-state index contributed by atoms with van der Waals surface area (Å²) in [6.45, 7) is 1.89. The van der Waals surface area contributed by atoms with Crippen molar-refractivity contribution in [2.24, 2.45) is 0 Å². The van der Waals surface area contributed by atoms with Crippen LogP contribution in [0, 0.1) is 6.92 Å². The number of para-hydroxylation sites is 1. The molecule has 1 N–H and O–H groups in total. The quantitative estimate of drug-likeness (QED) is 0.589. The Morgan fingerprint density at radius 1 is 0.885 bits per heavy atom. The zero-order valence-corrected chi connectivity index (χ0v) is 13.7. The zero-order chi connectivity index (χ0) is 17.9. The van der Waals surface area contributed by atoms with Crippen LogP contribution < -0.4 is 5.32 Å². The van der Waals surface area contributed by atoms with Crippen molar-refractivity contribution in [3.05, 3.63) is 66.2 Å². The second-order valence-corrected chi connectivity index (χ2v) is 5.43. The monoisotopic (exact) mass is 347 g/mol. The normalized spacial score (nSPS) is 10.7. The van der Waals surface area contributed by atoms with E-state index in [0.717, 1.165) is 11.3 Å². The Bertz CT molecular complexity index is 1040. The van der Waals surface area contributed by atoms with Gasteiger partial charge in [0, 0.05) is 5.69 Å². The summed E-state index contributed by atoms with van der Waals surface area (Å²) < 4.78 is 2.99. The van der Waals surface area contributed by atoms with Crippen LogP contribution in [0.25, 0.3) is 11.4 Å². The molecule has 0 bridgehead atoms. The van der Waals surface area contributed by atoms with Gasteiger partial charge in [0.15, 0.2) is 0 Å². The molecule has 10 heteroatoms. The Morgan fingerprint density at radius 2 is 1.54 bits per heavy atom. The number of benzene rings is 2. The standard InChI is InChI=1S/C16H13N9O/c1-11-13(6-4-8-14(11)24-9-17-20-22-24)19-16(26)12-5-2-3-7-15(12)25-10-18-21-23-25/h2-10H,1H3,(H,19,26). The van der Waals surface area contributed by atoms with Crippen molar-refractivity contribution in [1.29, 1.82) is 0 Å². The van der Waals surface area contributed by atoms with E-state index in [1.807, 2.05) is 31.2 Å². The highest BCUT2D eigenvalue weighted by atomic mass is 16.1. The van der Waals surface area contributed by atoms with E-state index < -0.39 is 0 Å². The van der Waals surface area contributed by atoms with Crippen LogP contribution >= 0.6 is 0 Å². The summed E-state index contributed by atoms with van der Waals surface area (Å²) in [5, 5.41) is 25.2. The number of amides is 1. The second kappa shape index (κ2) is 6.51. The maximum Gasteiger partial charge on any atom is 0.257 e. The summed E-state index contributed by atoms with van der Waals surface area (Å²) in [4.78, 5) is 12.8. The van der Waals surface area contributed by atoms with Crippen LogP contribution in [0.2, 0.25) is 0 Å². The summed E-state index contributed by atoms with van der Waals surface area (Å²) in [6.07, 6.45) is 2.94. The summed E-state index contributed by atoms with van der Waals surface area (Å²) in [6, 6.07) is 12.6. The lowest BCUT2D eigenvalue weighted by atomic mass is 10.1. The van der Waals surface area contributed by atoms with Crippen LogP contribution in [-0.2, 0) is 0 Å². The Hall–Kier alpha value is -3.95. The molecule has 0 saturated heterocycles. The minimum atomic E-state index is -0.270. The van der Waals surface area contributed by atoms with Crippen molar-refractivity contribution < 1.29 is 4.79 Å². The van der Waals surface area contributed by atoms with E-state index in [4.69, 9.17) is 0 Å². The molecule has 0 fully saturated rings. The lowest BCUT2D eigenvalue weighted by molar-refractivity contribution is 0.102. The molecular weight excluding hydrogens is 334 g/mol. The van der Waals surface area contributed by atoms with Crippen LogP contribution in [0.4, 0.5) is 5.69 Å². The van der Waals surface area contributed by atoms with E-state index in [0.29, 0.717) is 16.9 Å². The minimum Gasteiger partial charge on any atom is -0.322 e. The largest absolute Gasteiger partial charge is 0.322 e. The number of rotatable bonds is 4. The van der Waals surface area contributed by atoms with Gasteiger partial charge in [-0.1, -0.05) is 18.2 Å². The summed E-state index contributed by atoms with van der Waals surface area (Å²) >= 11 is 0. The fourth-order valence-corrected chi connectivity index (χ4v) is 2.61. The predicted molar refractivity (Wildman–Crippen MR) is 91.0 cm³/mol. The molecule has 128 valence electrons. The molecule has 2 heterocycles. The summed E-state index contributed by atoms with van der Waals surface area (Å²) in [5.41, 5.74) is 3.32. The van der Waals surface area contributed by atoms with Gasteiger partial charge >= 0.3 is 0 Å². The molecule has 0 radical (unpaired) electrons. The molecule has 0 saturated carbocycles. The van der Waals surface area contributed by atoms with Crippen LogP contribution in [0.5, 0.6) is 0 Å². The lowest BCUT2D eigenvalue weighted by Crippen LogP contribution is -2.16. The smallest absolute Gasteiger partial charge is 0.257 e. The average Bonchev–Trinajstić information content (AvgIpc) is 3.37. The molecule has 4 rings (SSSR count). The molecule has 0 spiro atoms. The first-order chi connectivity index (χ1) is 12.7. The molecule has 2 aromatic heterocycles. The van der Waals surface area contributed by atoms with Crippen LogP contribution in [0.1, 0.15) is 15.9 Å². The Kier molecular flexibility index (Phi) is 3.90. The molecule has 4 aromatic rings. The maximum atomic E-state index is 12.8. The number of aromatic nitrogens is 8. The van der Waals surface area contributed by atoms with Gasteiger partial charge in [0.2, 0.25) is 0 Å². The molecule has 0 unspecified atom stereocenters. The van der Waals surface area contributed by atoms with Gasteiger partial charge < -0.3 is 5.32 Å². The topological polar surface area (TPSA) is 116 Å². The van der Waals surface area contributed by atoms with Crippen molar-refractivity contribution in [1.82, 2.24) is 40.4 Å². The maximum absolute atomic E-state index is 12.8. The fraction of sp³-hybridized carbons (Fsp3) is 0.0625. The van der Waals surface area contributed by atoms with Crippen molar-refractivity contribution in [3.8, 4) is 11.4 Å². The molecule has 0 aliphatic heterocycles. The molecule has 0 aliphatic rings. The van der Waals surface area contributed by atoms with E-state index in [9.17, 15) is 4.79 Å². The average molecular weight is 347 g/mol. The lowest BCUT2D eigenvalue weighted by Gasteiger charge is -2.13. The molecule has 10 nitrogen and oxygen atoms in total. The fourth-order valence-electron chi connectivity index (χ4n) is 2.61. The second-order valence-electron chi connectivity index (χ2n) is 5.43. The molecular formula is C16H13N9O. The number of nitrogens with one attached hydrogen (secondary N) is 1. The molecule has 1 amide bonds. The Balaban J connectivity index is 1.67. The van der Waals surface area contributed by atoms with Crippen LogP contribution in [0.3, 0.4) is 0 Å². The summed E-state index contributed by atoms with van der Waals surface area (Å²) in [7, 11) is 0. The highest BCUT2D eigenvalue weighted by Crippen LogP contribution is 2.23. The highest BCUT2D eigenvalue weighted by Gasteiger charge is 2.15. The van der Waals surface area contributed by atoms with Gasteiger partial charge in [0.1, 0.15) is 12.7 Å². The van der Waals surface area contributed by atoms with Gasteiger partial charge in [-0.25, -0.2) is 4.68 Å². The first-order valence-corrected chi connectivity index (χ1v) is 7.71.